The lowest BCUT2D eigenvalue weighted by Crippen LogP contribution is -2.70. The van der Waals surface area contributed by atoms with Crippen LogP contribution in [0, 0.1) is 24.2 Å². The molecule has 1 fully saturated rings. The van der Waals surface area contributed by atoms with Crippen LogP contribution in [0.15, 0.2) is 35.1 Å². The van der Waals surface area contributed by atoms with Crippen LogP contribution in [0.2, 0.25) is 0 Å². The standard InChI is InChI=1S/C26H26N2O8/c1-5-6-7-11-8-9-12-10(2)13-15(20(30)14(12)19(11)29)23(33)26(36)17(21(13)31)18(28(3)4)22(32)16(24(26)34)25(27)35/h1,6-10,13,17-18,21,29-31,34,36H,2-4H3,(H2,27,35)/b7-6+/t10-,13+,17+,18-,21-,26-/m0/s1. The monoisotopic (exact) mass is 494 g/mol. The molecular weight excluding hydrogens is 468 g/mol. The number of carbonyl (C=O) groups is 3. The SMILES string of the molecule is C#C/C=C/c1ccc2c(c1O)C(O)=C1C(=O)[C@]3(O)C(O)=C(C(N)=O)C(=O)[C@@H](N(C)C)[C@@H]3[C@@H](O)[C@@H]1[C@H]2C. The average Bonchev–Trinajstić information content (AvgIpc) is 2.80. The average molecular weight is 495 g/mol. The summed E-state index contributed by atoms with van der Waals surface area (Å²) < 4.78 is 0. The summed E-state index contributed by atoms with van der Waals surface area (Å²) in [7, 11) is 2.90. The highest BCUT2D eigenvalue weighted by Gasteiger charge is 2.68. The van der Waals surface area contributed by atoms with Gasteiger partial charge in [-0.2, -0.15) is 0 Å². The number of nitrogens with two attached hydrogens (primary N) is 1. The summed E-state index contributed by atoms with van der Waals surface area (Å²) in [6.07, 6.45) is 6.35. The summed E-state index contributed by atoms with van der Waals surface area (Å²) >= 11 is 0. The zero-order valence-electron chi connectivity index (χ0n) is 19.8. The van der Waals surface area contributed by atoms with Crippen molar-refractivity contribution >= 4 is 29.3 Å². The lowest BCUT2D eigenvalue weighted by atomic mass is 9.54. The van der Waals surface area contributed by atoms with Crippen LogP contribution in [0.25, 0.3) is 11.8 Å². The first-order valence-corrected chi connectivity index (χ1v) is 11.1. The molecule has 1 aromatic carbocycles. The Bertz CT molecular complexity index is 1350. The van der Waals surface area contributed by atoms with E-state index in [-0.39, 0.29) is 16.9 Å². The fourth-order valence-corrected chi connectivity index (χ4v) is 5.90. The van der Waals surface area contributed by atoms with Gasteiger partial charge in [0.2, 0.25) is 5.78 Å². The number of likely N-dealkylation sites (N-methyl/N-ethyl adjacent to an activating group) is 1. The minimum Gasteiger partial charge on any atom is -0.508 e. The predicted octanol–water partition coefficient (Wildman–Crippen LogP) is 0.142. The van der Waals surface area contributed by atoms with Crippen LogP contribution in [-0.4, -0.2) is 79.7 Å². The highest BCUT2D eigenvalue weighted by molar-refractivity contribution is 6.24. The third-order valence-electron chi connectivity index (χ3n) is 7.52. The number of terminal acetylenes is 1. The molecule has 0 saturated heterocycles. The molecular formula is C26H26N2O8. The Labute approximate surface area is 206 Å². The number of amides is 1. The predicted molar refractivity (Wildman–Crippen MR) is 128 cm³/mol. The first kappa shape index (κ1) is 25.2. The van der Waals surface area contributed by atoms with E-state index in [1.54, 1.807) is 19.1 Å². The van der Waals surface area contributed by atoms with Crippen LogP contribution in [0.3, 0.4) is 0 Å². The van der Waals surface area contributed by atoms with Crippen molar-refractivity contribution in [2.45, 2.75) is 30.6 Å². The van der Waals surface area contributed by atoms with E-state index in [1.807, 2.05) is 0 Å². The van der Waals surface area contributed by atoms with Crippen molar-refractivity contribution < 1.29 is 39.9 Å². The molecule has 0 aromatic heterocycles. The zero-order valence-corrected chi connectivity index (χ0v) is 19.8. The second kappa shape index (κ2) is 8.34. The molecule has 0 heterocycles. The van der Waals surface area contributed by atoms with Gasteiger partial charge in [0, 0.05) is 17.1 Å². The number of carbonyl (C=O) groups excluding carboxylic acids is 3. The molecule has 1 amide bonds. The summed E-state index contributed by atoms with van der Waals surface area (Å²) in [6.45, 7) is 1.66. The number of benzene rings is 1. The molecule has 188 valence electrons. The van der Waals surface area contributed by atoms with Gasteiger partial charge in [-0.1, -0.05) is 25.0 Å². The van der Waals surface area contributed by atoms with E-state index in [4.69, 9.17) is 12.2 Å². The molecule has 3 aliphatic carbocycles. The van der Waals surface area contributed by atoms with Gasteiger partial charge in [-0.05, 0) is 37.7 Å². The van der Waals surface area contributed by atoms with E-state index in [2.05, 4.69) is 5.92 Å². The molecule has 0 bridgehead atoms. The van der Waals surface area contributed by atoms with Crippen molar-refractivity contribution in [3.8, 4) is 18.1 Å². The Balaban J connectivity index is 2.05. The number of aliphatic hydroxyl groups excluding tert-OH is 3. The van der Waals surface area contributed by atoms with E-state index in [0.717, 1.165) is 0 Å². The number of aromatic hydroxyl groups is 1. The van der Waals surface area contributed by atoms with E-state index in [9.17, 15) is 39.9 Å². The minimum absolute atomic E-state index is 0.0924. The fraction of sp³-hybridized carbons (Fsp3) is 0.346. The molecule has 0 spiro atoms. The molecule has 10 nitrogen and oxygen atoms in total. The van der Waals surface area contributed by atoms with Gasteiger partial charge in [0.1, 0.15) is 22.8 Å². The largest absolute Gasteiger partial charge is 0.508 e. The highest BCUT2D eigenvalue weighted by atomic mass is 16.4. The number of fused-ring (bicyclic) bond motifs is 3. The van der Waals surface area contributed by atoms with E-state index < -0.39 is 75.6 Å². The Morgan fingerprint density at radius 1 is 1.22 bits per heavy atom. The molecule has 4 rings (SSSR count). The minimum atomic E-state index is -2.94. The molecule has 0 aliphatic heterocycles. The first-order chi connectivity index (χ1) is 16.8. The van der Waals surface area contributed by atoms with Crippen LogP contribution >= 0.6 is 0 Å². The number of Topliss-reactive ketones (excluding diaryl/α,β-unsaturated/α-hetero) is 2. The summed E-state index contributed by atoms with van der Waals surface area (Å²) in [6, 6.07) is 1.78. The molecule has 6 atom stereocenters. The number of hydrogen-bond donors (Lipinski definition) is 6. The van der Waals surface area contributed by atoms with Crippen molar-refractivity contribution in [3.63, 3.8) is 0 Å². The van der Waals surface area contributed by atoms with E-state index in [0.29, 0.717) is 5.56 Å². The molecule has 3 aliphatic rings. The maximum Gasteiger partial charge on any atom is 0.255 e. The van der Waals surface area contributed by atoms with Gasteiger partial charge in [0.15, 0.2) is 11.4 Å². The van der Waals surface area contributed by atoms with E-state index in [1.165, 1.54) is 31.1 Å². The van der Waals surface area contributed by atoms with Gasteiger partial charge >= 0.3 is 0 Å². The lowest BCUT2D eigenvalue weighted by Gasteiger charge is -2.53. The molecule has 1 aromatic rings. The zero-order chi connectivity index (χ0) is 26.9. The highest BCUT2D eigenvalue weighted by Crippen LogP contribution is 2.56. The maximum absolute atomic E-state index is 13.9. The molecule has 1 saturated carbocycles. The van der Waals surface area contributed by atoms with E-state index >= 15 is 0 Å². The van der Waals surface area contributed by atoms with Gasteiger partial charge < -0.3 is 31.3 Å². The van der Waals surface area contributed by atoms with Gasteiger partial charge in [-0.15, -0.1) is 6.42 Å². The molecule has 36 heavy (non-hydrogen) atoms. The van der Waals surface area contributed by atoms with Crippen LogP contribution < -0.4 is 5.73 Å². The molecule has 10 heteroatoms. The Morgan fingerprint density at radius 3 is 2.42 bits per heavy atom. The van der Waals surface area contributed by atoms with Crippen molar-refractivity contribution in [3.05, 3.63) is 51.8 Å². The van der Waals surface area contributed by atoms with Crippen molar-refractivity contribution in [1.29, 1.82) is 0 Å². The van der Waals surface area contributed by atoms with Crippen LogP contribution in [-0.2, 0) is 14.4 Å². The van der Waals surface area contributed by atoms with Gasteiger partial charge in [-0.25, -0.2) is 0 Å². The van der Waals surface area contributed by atoms with Crippen LogP contribution in [0.4, 0.5) is 0 Å². The number of phenols is 1. The topological polar surface area (TPSA) is 182 Å². The van der Waals surface area contributed by atoms with Crippen LogP contribution in [0.1, 0.15) is 29.5 Å². The summed E-state index contributed by atoms with van der Waals surface area (Å²) in [5.74, 6) is -6.97. The van der Waals surface area contributed by atoms with Crippen LogP contribution in [0.5, 0.6) is 5.75 Å². The van der Waals surface area contributed by atoms with Gasteiger partial charge in [-0.3, -0.25) is 19.3 Å². The summed E-state index contributed by atoms with van der Waals surface area (Å²) in [4.78, 5) is 40.4. The quantitative estimate of drug-likeness (QED) is 0.252. The maximum atomic E-state index is 13.9. The lowest BCUT2D eigenvalue weighted by molar-refractivity contribution is -0.169. The molecule has 7 N–H and O–H groups in total. The number of allylic oxidation sites excluding steroid dienone is 1. The number of aliphatic hydroxyl groups is 4. The molecule has 0 unspecified atom stereocenters. The van der Waals surface area contributed by atoms with Crippen molar-refractivity contribution in [1.82, 2.24) is 4.90 Å². The van der Waals surface area contributed by atoms with Crippen molar-refractivity contribution in [2.75, 3.05) is 14.1 Å². The fourth-order valence-electron chi connectivity index (χ4n) is 5.90. The third kappa shape index (κ3) is 3.07. The van der Waals surface area contributed by atoms with Crippen molar-refractivity contribution in [2.24, 2.45) is 17.6 Å². The Morgan fingerprint density at radius 2 is 1.86 bits per heavy atom. The summed E-state index contributed by atoms with van der Waals surface area (Å²) in [5, 5.41) is 56.2. The van der Waals surface area contributed by atoms with Gasteiger partial charge in [0.05, 0.1) is 23.6 Å². The number of phenolic OH excluding ortho intramolecular Hbond substituents is 1. The normalized spacial score (nSPS) is 31.9. The number of rotatable bonds is 3. The Kier molecular flexibility index (Phi) is 5.84. The number of ketones is 2. The van der Waals surface area contributed by atoms with Gasteiger partial charge in [0.25, 0.3) is 5.91 Å². The smallest absolute Gasteiger partial charge is 0.255 e. The number of hydrogen-bond acceptors (Lipinski definition) is 9. The second-order valence-electron chi connectivity index (χ2n) is 9.52. The first-order valence-electron chi connectivity index (χ1n) is 11.1. The summed E-state index contributed by atoms with van der Waals surface area (Å²) in [5.41, 5.74) is 1.52. The number of nitrogens with zero attached hydrogens (tertiary/aromatic N) is 1. The molecule has 0 radical (unpaired) electrons. The Hall–Kier alpha value is -3.91. The third-order valence-corrected chi connectivity index (χ3v) is 7.52. The number of primary amides is 1. The second-order valence-corrected chi connectivity index (χ2v) is 9.52.